The van der Waals surface area contributed by atoms with E-state index < -0.39 is 25.8 Å². The monoisotopic (exact) mass is 192 g/mol. The van der Waals surface area contributed by atoms with E-state index in [-0.39, 0.29) is 12.8 Å². The Morgan fingerprint density at radius 1 is 1.42 bits per heavy atom. The van der Waals surface area contributed by atoms with Crippen LogP contribution in [0.2, 0.25) is 0 Å². The van der Waals surface area contributed by atoms with Gasteiger partial charge in [0.15, 0.2) is 14.6 Å². The van der Waals surface area contributed by atoms with Gasteiger partial charge in [-0.3, -0.25) is 4.79 Å². The number of carboxylic acid groups (broad SMARTS) is 1. The molecular weight excluding hydrogens is 180 g/mol. The molecule has 4 nitrogen and oxygen atoms in total. The lowest BCUT2D eigenvalue weighted by Gasteiger charge is -2.13. The van der Waals surface area contributed by atoms with Crippen molar-refractivity contribution in [3.05, 3.63) is 0 Å². The Labute approximate surface area is 71.5 Å². The van der Waals surface area contributed by atoms with Crippen LogP contribution in [0.1, 0.15) is 26.7 Å². The summed E-state index contributed by atoms with van der Waals surface area (Å²) in [5.74, 6) is -1.20. The Balaban J connectivity index is 3.06. The predicted octanol–water partition coefficient (Wildman–Crippen LogP) is 0.427. The Kier molecular flexibility index (Phi) is 1.94. The molecule has 0 aromatic heterocycles. The SMILES string of the molecule is CC(C)S(=O)(=O)C1(C(=O)O)CC1. The zero-order valence-electron chi connectivity index (χ0n) is 7.07. The second-order valence-corrected chi connectivity index (χ2v) is 6.21. The summed E-state index contributed by atoms with van der Waals surface area (Å²) in [6.07, 6.45) is 0.533. The number of carboxylic acids is 1. The molecular formula is C7H12O4S. The third-order valence-corrected chi connectivity index (χ3v) is 5.17. The largest absolute Gasteiger partial charge is 0.480 e. The molecule has 70 valence electrons. The topological polar surface area (TPSA) is 71.4 Å². The van der Waals surface area contributed by atoms with Crippen LogP contribution in [0.25, 0.3) is 0 Å². The zero-order chi connectivity index (χ0) is 9.57. The van der Waals surface area contributed by atoms with Gasteiger partial charge in [0.2, 0.25) is 0 Å². The fourth-order valence-corrected chi connectivity index (χ4v) is 3.00. The molecule has 0 heterocycles. The summed E-state index contributed by atoms with van der Waals surface area (Å²) >= 11 is 0. The highest BCUT2D eigenvalue weighted by atomic mass is 32.2. The van der Waals surface area contributed by atoms with Crippen LogP contribution in [0.5, 0.6) is 0 Å². The van der Waals surface area contributed by atoms with Crippen LogP contribution < -0.4 is 0 Å². The molecule has 0 spiro atoms. The van der Waals surface area contributed by atoms with E-state index in [1.807, 2.05) is 0 Å². The maximum Gasteiger partial charge on any atom is 0.325 e. The number of hydrogen-bond donors (Lipinski definition) is 1. The molecule has 1 aliphatic rings. The first-order valence-electron chi connectivity index (χ1n) is 3.81. The lowest BCUT2D eigenvalue weighted by atomic mass is 10.4. The van der Waals surface area contributed by atoms with Crippen LogP contribution in [0.15, 0.2) is 0 Å². The van der Waals surface area contributed by atoms with Crippen LogP contribution in [0, 0.1) is 0 Å². The summed E-state index contributed by atoms with van der Waals surface area (Å²) < 4.78 is 21.5. The summed E-state index contributed by atoms with van der Waals surface area (Å²) in [6, 6.07) is 0. The number of aliphatic carboxylic acids is 1. The van der Waals surface area contributed by atoms with Gasteiger partial charge in [0.1, 0.15) is 0 Å². The van der Waals surface area contributed by atoms with E-state index >= 15 is 0 Å². The highest BCUT2D eigenvalue weighted by Crippen LogP contribution is 2.45. The minimum absolute atomic E-state index is 0.267. The molecule has 0 unspecified atom stereocenters. The van der Waals surface area contributed by atoms with E-state index in [1.165, 1.54) is 13.8 Å². The normalized spacial score (nSPS) is 20.9. The quantitative estimate of drug-likeness (QED) is 0.703. The highest BCUT2D eigenvalue weighted by Gasteiger charge is 2.61. The Morgan fingerprint density at radius 2 is 1.83 bits per heavy atom. The molecule has 1 N–H and O–H groups in total. The van der Waals surface area contributed by atoms with E-state index in [0.717, 1.165) is 0 Å². The van der Waals surface area contributed by atoms with E-state index in [1.54, 1.807) is 0 Å². The van der Waals surface area contributed by atoms with Crippen molar-refractivity contribution < 1.29 is 18.3 Å². The summed E-state index contributed by atoms with van der Waals surface area (Å²) in [4.78, 5) is 10.7. The number of hydrogen-bond acceptors (Lipinski definition) is 3. The third-order valence-electron chi connectivity index (χ3n) is 2.26. The van der Waals surface area contributed by atoms with Crippen molar-refractivity contribution >= 4 is 15.8 Å². The van der Waals surface area contributed by atoms with Crippen LogP contribution in [-0.2, 0) is 14.6 Å². The minimum atomic E-state index is -3.46. The first kappa shape index (κ1) is 9.51. The summed E-state index contributed by atoms with van der Waals surface area (Å²) in [5, 5.41) is 8.11. The second kappa shape index (κ2) is 2.45. The van der Waals surface area contributed by atoms with Gasteiger partial charge in [-0.1, -0.05) is 0 Å². The smallest absolute Gasteiger partial charge is 0.325 e. The average Bonchev–Trinajstić information content (AvgIpc) is 2.64. The van der Waals surface area contributed by atoms with Crippen molar-refractivity contribution in [2.75, 3.05) is 0 Å². The van der Waals surface area contributed by atoms with E-state index in [0.29, 0.717) is 0 Å². The molecule has 1 aliphatic carbocycles. The first-order valence-corrected chi connectivity index (χ1v) is 5.36. The standard InChI is InChI=1S/C7H12O4S/c1-5(2)12(10,11)7(3-4-7)6(8)9/h5H,3-4H2,1-2H3,(H,8,9). The molecule has 0 radical (unpaired) electrons. The average molecular weight is 192 g/mol. The van der Waals surface area contributed by atoms with Crippen LogP contribution in [0.3, 0.4) is 0 Å². The van der Waals surface area contributed by atoms with Gasteiger partial charge < -0.3 is 5.11 Å². The second-order valence-electron chi connectivity index (χ2n) is 3.39. The molecule has 1 saturated carbocycles. The van der Waals surface area contributed by atoms with Gasteiger partial charge in [-0.15, -0.1) is 0 Å². The van der Waals surface area contributed by atoms with E-state index in [2.05, 4.69) is 0 Å². The Morgan fingerprint density at radius 3 is 1.92 bits per heavy atom. The summed E-state index contributed by atoms with van der Waals surface area (Å²) in [7, 11) is -3.46. The maximum atomic E-state index is 11.5. The maximum absolute atomic E-state index is 11.5. The van der Waals surface area contributed by atoms with Gasteiger partial charge in [0, 0.05) is 0 Å². The van der Waals surface area contributed by atoms with Gasteiger partial charge in [-0.2, -0.15) is 0 Å². The fraction of sp³-hybridized carbons (Fsp3) is 0.857. The van der Waals surface area contributed by atoms with Crippen LogP contribution in [0.4, 0.5) is 0 Å². The molecule has 5 heteroatoms. The molecule has 0 amide bonds. The van der Waals surface area contributed by atoms with Crippen molar-refractivity contribution in [1.29, 1.82) is 0 Å². The van der Waals surface area contributed by atoms with Gasteiger partial charge in [0.05, 0.1) is 5.25 Å². The molecule has 1 rings (SSSR count). The summed E-state index contributed by atoms with van der Waals surface area (Å²) in [6.45, 7) is 3.02. The van der Waals surface area contributed by atoms with Crippen molar-refractivity contribution in [1.82, 2.24) is 0 Å². The van der Waals surface area contributed by atoms with Gasteiger partial charge in [-0.05, 0) is 26.7 Å². The number of rotatable bonds is 3. The highest BCUT2D eigenvalue weighted by molar-refractivity contribution is 7.94. The first-order chi connectivity index (χ1) is 5.34. The Hall–Kier alpha value is -0.580. The van der Waals surface area contributed by atoms with Crippen LogP contribution in [-0.4, -0.2) is 29.5 Å². The number of carbonyl (C=O) groups is 1. The van der Waals surface area contributed by atoms with Crippen molar-refractivity contribution in [3.63, 3.8) is 0 Å². The third kappa shape index (κ3) is 1.03. The minimum Gasteiger partial charge on any atom is -0.480 e. The van der Waals surface area contributed by atoms with Crippen molar-refractivity contribution in [2.45, 2.75) is 36.7 Å². The van der Waals surface area contributed by atoms with E-state index in [9.17, 15) is 13.2 Å². The molecule has 12 heavy (non-hydrogen) atoms. The lowest BCUT2D eigenvalue weighted by Crippen LogP contribution is -2.37. The van der Waals surface area contributed by atoms with Crippen molar-refractivity contribution in [3.8, 4) is 0 Å². The van der Waals surface area contributed by atoms with E-state index in [4.69, 9.17) is 5.11 Å². The molecule has 0 saturated heterocycles. The summed E-state index contributed by atoms with van der Waals surface area (Å²) in [5.41, 5.74) is 0. The van der Waals surface area contributed by atoms with Crippen molar-refractivity contribution in [2.24, 2.45) is 0 Å². The lowest BCUT2D eigenvalue weighted by molar-refractivity contribution is -0.137. The fourth-order valence-electron chi connectivity index (χ4n) is 1.18. The number of sulfone groups is 1. The predicted molar refractivity (Wildman–Crippen MR) is 43.7 cm³/mol. The molecule has 0 atom stereocenters. The molecule has 0 aliphatic heterocycles. The van der Waals surface area contributed by atoms with Gasteiger partial charge in [0.25, 0.3) is 0 Å². The molecule has 0 aromatic rings. The van der Waals surface area contributed by atoms with Gasteiger partial charge in [-0.25, -0.2) is 8.42 Å². The Bertz CT molecular complexity index is 297. The van der Waals surface area contributed by atoms with Gasteiger partial charge >= 0.3 is 5.97 Å². The molecule has 0 aromatic carbocycles. The zero-order valence-corrected chi connectivity index (χ0v) is 7.89. The molecule has 0 bridgehead atoms. The molecule has 1 fully saturated rings. The van der Waals surface area contributed by atoms with Crippen LogP contribution >= 0.6 is 0 Å².